The number of hydrogen-bond acceptors (Lipinski definition) is 4. The van der Waals surface area contributed by atoms with Crippen LogP contribution in [0.15, 0.2) is 18.3 Å². The summed E-state index contributed by atoms with van der Waals surface area (Å²) in [4.78, 5) is 4.28. The molecule has 1 rings (SSSR count). The number of anilines is 1. The summed E-state index contributed by atoms with van der Waals surface area (Å²) in [5.41, 5.74) is 2.05. The van der Waals surface area contributed by atoms with Crippen LogP contribution in [0.3, 0.4) is 0 Å². The molecule has 0 bridgehead atoms. The summed E-state index contributed by atoms with van der Waals surface area (Å²) in [6.45, 7) is 7.84. The Morgan fingerprint density at radius 3 is 2.72 bits per heavy atom. The second-order valence-electron chi connectivity index (χ2n) is 4.13. The van der Waals surface area contributed by atoms with Crippen LogP contribution in [0, 0.1) is 0 Å². The lowest BCUT2D eigenvalue weighted by atomic mass is 10.3. The molecule has 0 radical (unpaired) electrons. The molecule has 0 aliphatic rings. The van der Waals surface area contributed by atoms with E-state index < -0.39 is 0 Å². The SMILES string of the molecule is CCCNc1ccnc(COCCOCCC)c1. The van der Waals surface area contributed by atoms with Gasteiger partial charge in [-0.2, -0.15) is 0 Å². The van der Waals surface area contributed by atoms with Gasteiger partial charge in [0, 0.05) is 25.0 Å². The molecule has 1 aromatic rings. The molecule has 0 aromatic carbocycles. The van der Waals surface area contributed by atoms with Crippen molar-refractivity contribution in [2.45, 2.75) is 33.3 Å². The van der Waals surface area contributed by atoms with Crippen molar-refractivity contribution in [2.75, 3.05) is 31.7 Å². The molecule has 18 heavy (non-hydrogen) atoms. The minimum atomic E-state index is 0.539. The zero-order valence-corrected chi connectivity index (χ0v) is 11.4. The minimum absolute atomic E-state index is 0.539. The van der Waals surface area contributed by atoms with Crippen molar-refractivity contribution in [1.82, 2.24) is 4.98 Å². The summed E-state index contributed by atoms with van der Waals surface area (Å²) in [6.07, 6.45) is 3.97. The molecule has 4 heteroatoms. The summed E-state index contributed by atoms with van der Waals surface area (Å²) in [5.74, 6) is 0. The molecule has 102 valence electrons. The van der Waals surface area contributed by atoms with E-state index in [0.29, 0.717) is 19.8 Å². The number of hydrogen-bond donors (Lipinski definition) is 1. The van der Waals surface area contributed by atoms with Crippen molar-refractivity contribution in [3.63, 3.8) is 0 Å². The predicted molar refractivity (Wildman–Crippen MR) is 73.8 cm³/mol. The van der Waals surface area contributed by atoms with Crippen LogP contribution in [0.5, 0.6) is 0 Å². The normalized spacial score (nSPS) is 10.6. The monoisotopic (exact) mass is 252 g/mol. The molecule has 0 atom stereocenters. The average molecular weight is 252 g/mol. The van der Waals surface area contributed by atoms with Gasteiger partial charge < -0.3 is 14.8 Å². The molecule has 0 saturated heterocycles. The van der Waals surface area contributed by atoms with Crippen LogP contribution in [-0.4, -0.2) is 31.3 Å². The van der Waals surface area contributed by atoms with Crippen LogP contribution in [0.2, 0.25) is 0 Å². The van der Waals surface area contributed by atoms with E-state index in [9.17, 15) is 0 Å². The number of ether oxygens (including phenoxy) is 2. The lowest BCUT2D eigenvalue weighted by Gasteiger charge is -2.07. The quantitative estimate of drug-likeness (QED) is 0.650. The van der Waals surface area contributed by atoms with Crippen LogP contribution in [0.1, 0.15) is 32.4 Å². The predicted octanol–water partition coefficient (Wildman–Crippen LogP) is 2.85. The van der Waals surface area contributed by atoms with Crippen molar-refractivity contribution in [1.29, 1.82) is 0 Å². The first-order chi connectivity index (χ1) is 8.86. The molecule has 0 saturated carbocycles. The lowest BCUT2D eigenvalue weighted by molar-refractivity contribution is 0.0397. The number of nitrogens with one attached hydrogen (secondary N) is 1. The molecule has 4 nitrogen and oxygen atoms in total. The van der Waals surface area contributed by atoms with Gasteiger partial charge in [0.2, 0.25) is 0 Å². The largest absolute Gasteiger partial charge is 0.385 e. The molecule has 0 aliphatic carbocycles. The van der Waals surface area contributed by atoms with Gasteiger partial charge in [-0.05, 0) is 25.0 Å². The van der Waals surface area contributed by atoms with Crippen LogP contribution < -0.4 is 5.32 Å². The number of aromatic nitrogens is 1. The summed E-state index contributed by atoms with van der Waals surface area (Å²) < 4.78 is 10.9. The van der Waals surface area contributed by atoms with Gasteiger partial charge in [0.1, 0.15) is 0 Å². The maximum atomic E-state index is 5.51. The molecular weight excluding hydrogens is 228 g/mol. The first kappa shape index (κ1) is 14.9. The highest BCUT2D eigenvalue weighted by atomic mass is 16.5. The molecule has 0 aliphatic heterocycles. The summed E-state index contributed by atoms with van der Waals surface area (Å²) in [5, 5.41) is 3.33. The van der Waals surface area contributed by atoms with Crippen molar-refractivity contribution in [3.05, 3.63) is 24.0 Å². The van der Waals surface area contributed by atoms with Gasteiger partial charge in [0.05, 0.1) is 25.5 Å². The van der Waals surface area contributed by atoms with Crippen molar-refractivity contribution >= 4 is 5.69 Å². The number of pyridine rings is 1. The van der Waals surface area contributed by atoms with Crippen LogP contribution in [0.4, 0.5) is 5.69 Å². The Kier molecular flexibility index (Phi) is 8.17. The van der Waals surface area contributed by atoms with Crippen molar-refractivity contribution in [2.24, 2.45) is 0 Å². The molecule has 1 N–H and O–H groups in total. The summed E-state index contributed by atoms with van der Waals surface area (Å²) in [6, 6.07) is 4.01. The fourth-order valence-electron chi connectivity index (χ4n) is 1.48. The zero-order valence-electron chi connectivity index (χ0n) is 11.4. The smallest absolute Gasteiger partial charge is 0.0889 e. The summed E-state index contributed by atoms with van der Waals surface area (Å²) in [7, 11) is 0. The molecule has 0 fully saturated rings. The van der Waals surface area contributed by atoms with E-state index in [1.165, 1.54) is 0 Å². The van der Waals surface area contributed by atoms with E-state index in [4.69, 9.17) is 9.47 Å². The topological polar surface area (TPSA) is 43.4 Å². The van der Waals surface area contributed by atoms with Gasteiger partial charge in [-0.15, -0.1) is 0 Å². The second kappa shape index (κ2) is 9.85. The van der Waals surface area contributed by atoms with E-state index in [1.807, 2.05) is 18.3 Å². The fraction of sp³-hybridized carbons (Fsp3) is 0.643. The van der Waals surface area contributed by atoms with E-state index in [-0.39, 0.29) is 0 Å². The van der Waals surface area contributed by atoms with Gasteiger partial charge in [0.15, 0.2) is 0 Å². The molecule has 0 unspecified atom stereocenters. The Labute approximate surface area is 110 Å². The van der Waals surface area contributed by atoms with E-state index in [2.05, 4.69) is 24.1 Å². The maximum absolute atomic E-state index is 5.51. The number of rotatable bonds is 10. The minimum Gasteiger partial charge on any atom is -0.385 e. The zero-order chi connectivity index (χ0) is 13.1. The molecular formula is C14H24N2O2. The van der Waals surface area contributed by atoms with E-state index in [1.54, 1.807) is 0 Å². The van der Waals surface area contributed by atoms with Crippen molar-refractivity contribution in [3.8, 4) is 0 Å². The lowest BCUT2D eigenvalue weighted by Crippen LogP contribution is -2.06. The molecule has 1 aromatic heterocycles. The van der Waals surface area contributed by atoms with Gasteiger partial charge in [-0.1, -0.05) is 13.8 Å². The fourth-order valence-corrected chi connectivity index (χ4v) is 1.48. The standard InChI is InChI=1S/C14H24N2O2/c1-3-6-15-13-5-7-16-14(11-13)12-18-10-9-17-8-4-2/h5,7,11H,3-4,6,8-10,12H2,1-2H3,(H,15,16). The van der Waals surface area contributed by atoms with Crippen LogP contribution in [-0.2, 0) is 16.1 Å². The average Bonchev–Trinajstić information content (AvgIpc) is 2.41. The third kappa shape index (κ3) is 6.57. The second-order valence-corrected chi connectivity index (χ2v) is 4.13. The van der Waals surface area contributed by atoms with Gasteiger partial charge in [-0.25, -0.2) is 0 Å². The Morgan fingerprint density at radius 1 is 1.11 bits per heavy atom. The Morgan fingerprint density at radius 2 is 1.94 bits per heavy atom. The third-order valence-electron chi connectivity index (χ3n) is 2.37. The van der Waals surface area contributed by atoms with E-state index >= 15 is 0 Å². The highest BCUT2D eigenvalue weighted by Crippen LogP contribution is 2.08. The van der Waals surface area contributed by atoms with Gasteiger partial charge in [-0.3, -0.25) is 4.98 Å². The first-order valence-electron chi connectivity index (χ1n) is 6.71. The summed E-state index contributed by atoms with van der Waals surface area (Å²) >= 11 is 0. The molecule has 0 spiro atoms. The van der Waals surface area contributed by atoms with Crippen molar-refractivity contribution < 1.29 is 9.47 Å². The maximum Gasteiger partial charge on any atom is 0.0889 e. The highest BCUT2D eigenvalue weighted by molar-refractivity contribution is 5.42. The van der Waals surface area contributed by atoms with Gasteiger partial charge >= 0.3 is 0 Å². The van der Waals surface area contributed by atoms with Crippen LogP contribution in [0.25, 0.3) is 0 Å². The number of nitrogens with zero attached hydrogens (tertiary/aromatic N) is 1. The van der Waals surface area contributed by atoms with Crippen LogP contribution >= 0.6 is 0 Å². The van der Waals surface area contributed by atoms with Gasteiger partial charge in [0.25, 0.3) is 0 Å². The first-order valence-corrected chi connectivity index (χ1v) is 6.71. The molecule has 1 heterocycles. The molecule has 0 amide bonds. The third-order valence-corrected chi connectivity index (χ3v) is 2.37. The Bertz CT molecular complexity index is 318. The Hall–Kier alpha value is -1.13. The van der Waals surface area contributed by atoms with E-state index in [0.717, 1.165) is 37.4 Å². The highest BCUT2D eigenvalue weighted by Gasteiger charge is 1.97. The Balaban J connectivity index is 2.20.